The van der Waals surface area contributed by atoms with E-state index in [0.29, 0.717) is 16.8 Å². The Bertz CT molecular complexity index is 1220. The van der Waals surface area contributed by atoms with E-state index < -0.39 is 17.7 Å². The van der Waals surface area contributed by atoms with Crippen LogP contribution >= 0.6 is 0 Å². The van der Waals surface area contributed by atoms with Gasteiger partial charge in [0.15, 0.2) is 0 Å². The topological polar surface area (TPSA) is 66.5 Å². The van der Waals surface area contributed by atoms with E-state index in [4.69, 9.17) is 0 Å². The van der Waals surface area contributed by atoms with Crippen molar-refractivity contribution in [2.45, 2.75) is 6.92 Å². The Hall–Kier alpha value is -4.17. The van der Waals surface area contributed by atoms with Crippen molar-refractivity contribution in [3.8, 4) is 11.8 Å². The second-order valence-electron chi connectivity index (χ2n) is 6.99. The first-order chi connectivity index (χ1) is 14.5. The van der Waals surface area contributed by atoms with Crippen LogP contribution in [0, 0.1) is 18.8 Å². The molecule has 1 aliphatic heterocycles. The third kappa shape index (κ3) is 3.98. The van der Waals surface area contributed by atoms with Crippen LogP contribution in [0.2, 0.25) is 0 Å². The molecule has 3 amide bonds. The lowest BCUT2D eigenvalue weighted by Gasteiger charge is -2.13. The zero-order chi connectivity index (χ0) is 21.1. The molecule has 1 N–H and O–H groups in total. The van der Waals surface area contributed by atoms with Gasteiger partial charge in [0.25, 0.3) is 11.8 Å². The minimum atomic E-state index is -0.451. The van der Waals surface area contributed by atoms with E-state index in [2.05, 4.69) is 17.2 Å². The number of amides is 3. The van der Waals surface area contributed by atoms with Gasteiger partial charge in [0.1, 0.15) is 6.54 Å². The number of nitrogens with zero attached hydrogens (tertiary/aromatic N) is 1. The largest absolute Gasteiger partial charge is 0.324 e. The van der Waals surface area contributed by atoms with E-state index in [1.807, 2.05) is 43.3 Å². The molecule has 1 heterocycles. The van der Waals surface area contributed by atoms with Gasteiger partial charge >= 0.3 is 0 Å². The van der Waals surface area contributed by atoms with Crippen LogP contribution in [-0.4, -0.2) is 29.2 Å². The quantitative estimate of drug-likeness (QED) is 0.545. The fourth-order valence-electron chi connectivity index (χ4n) is 3.23. The van der Waals surface area contributed by atoms with Gasteiger partial charge in [-0.15, -0.1) is 0 Å². The van der Waals surface area contributed by atoms with Crippen molar-refractivity contribution in [1.29, 1.82) is 0 Å². The highest BCUT2D eigenvalue weighted by molar-refractivity contribution is 6.22. The van der Waals surface area contributed by atoms with Gasteiger partial charge in [0, 0.05) is 16.8 Å². The maximum absolute atomic E-state index is 12.5. The molecule has 4 rings (SSSR count). The minimum absolute atomic E-state index is 0.330. The molecule has 3 aromatic carbocycles. The minimum Gasteiger partial charge on any atom is -0.324 e. The summed E-state index contributed by atoms with van der Waals surface area (Å²) in [5.41, 5.74) is 3.74. The van der Waals surface area contributed by atoms with Crippen molar-refractivity contribution < 1.29 is 14.4 Å². The van der Waals surface area contributed by atoms with Crippen LogP contribution in [0.25, 0.3) is 0 Å². The second-order valence-corrected chi connectivity index (χ2v) is 6.99. The third-order valence-electron chi connectivity index (χ3n) is 4.70. The Balaban J connectivity index is 1.45. The number of imide groups is 1. The van der Waals surface area contributed by atoms with Crippen LogP contribution in [-0.2, 0) is 4.79 Å². The van der Waals surface area contributed by atoms with Crippen molar-refractivity contribution >= 4 is 23.4 Å². The van der Waals surface area contributed by atoms with Crippen LogP contribution in [0.5, 0.6) is 0 Å². The zero-order valence-electron chi connectivity index (χ0n) is 16.3. The first-order valence-corrected chi connectivity index (χ1v) is 9.45. The predicted octanol–water partition coefficient (Wildman–Crippen LogP) is 3.63. The number of aryl methyl sites for hydroxylation is 1. The van der Waals surface area contributed by atoms with Gasteiger partial charge < -0.3 is 5.32 Å². The van der Waals surface area contributed by atoms with Crippen LogP contribution in [0.1, 0.15) is 37.4 Å². The number of benzene rings is 3. The lowest BCUT2D eigenvalue weighted by molar-refractivity contribution is -0.116. The normalized spacial score (nSPS) is 12.2. The third-order valence-corrected chi connectivity index (χ3v) is 4.70. The average Bonchev–Trinajstić information content (AvgIpc) is 2.97. The molecule has 0 saturated heterocycles. The van der Waals surface area contributed by atoms with E-state index in [0.717, 1.165) is 21.6 Å². The summed E-state index contributed by atoms with van der Waals surface area (Å²) in [5.74, 6) is 4.78. The molecule has 0 unspecified atom stereocenters. The fourth-order valence-corrected chi connectivity index (χ4v) is 3.23. The van der Waals surface area contributed by atoms with Gasteiger partial charge in [-0.05, 0) is 49.4 Å². The Morgan fingerprint density at radius 3 is 2.33 bits per heavy atom. The molecule has 5 heteroatoms. The summed E-state index contributed by atoms with van der Waals surface area (Å²) < 4.78 is 0. The predicted molar refractivity (Wildman–Crippen MR) is 114 cm³/mol. The van der Waals surface area contributed by atoms with Crippen LogP contribution < -0.4 is 5.32 Å². The standard InChI is InChI=1S/C25H18N2O3/c1-17-10-13-21-22(14-17)25(30)27(24(21)29)16-23(28)26-20-9-5-8-19(15-20)12-11-18-6-3-2-4-7-18/h2-10,13-15H,16H2,1H3,(H,26,28). The van der Waals surface area contributed by atoms with Crippen molar-refractivity contribution in [3.05, 3.63) is 101 Å². The first kappa shape index (κ1) is 19.2. The van der Waals surface area contributed by atoms with Gasteiger partial charge in [-0.3, -0.25) is 19.3 Å². The number of hydrogen-bond acceptors (Lipinski definition) is 3. The van der Waals surface area contributed by atoms with E-state index >= 15 is 0 Å². The molecule has 3 aromatic rings. The molecule has 0 fully saturated rings. The number of anilines is 1. The molecule has 0 spiro atoms. The highest BCUT2D eigenvalue weighted by Crippen LogP contribution is 2.23. The molecular formula is C25H18N2O3. The summed E-state index contributed by atoms with van der Waals surface area (Å²) in [6, 6.07) is 21.8. The van der Waals surface area contributed by atoms with Gasteiger partial charge in [0.2, 0.25) is 5.91 Å². The summed E-state index contributed by atoms with van der Waals surface area (Å²) in [7, 11) is 0. The van der Waals surface area contributed by atoms with E-state index in [1.54, 1.807) is 36.4 Å². The summed E-state index contributed by atoms with van der Waals surface area (Å²) >= 11 is 0. The van der Waals surface area contributed by atoms with Crippen LogP contribution in [0.15, 0.2) is 72.8 Å². The van der Waals surface area contributed by atoms with E-state index in [-0.39, 0.29) is 6.54 Å². The lowest BCUT2D eigenvalue weighted by Crippen LogP contribution is -2.37. The number of rotatable bonds is 3. The highest BCUT2D eigenvalue weighted by Gasteiger charge is 2.36. The van der Waals surface area contributed by atoms with Crippen LogP contribution in [0.4, 0.5) is 5.69 Å². The maximum Gasteiger partial charge on any atom is 0.262 e. The summed E-state index contributed by atoms with van der Waals surface area (Å²) in [5, 5.41) is 2.73. The average molecular weight is 394 g/mol. The van der Waals surface area contributed by atoms with Gasteiger partial charge in [-0.1, -0.05) is 47.7 Å². The molecule has 0 atom stereocenters. The van der Waals surface area contributed by atoms with Crippen molar-refractivity contribution in [1.82, 2.24) is 4.90 Å². The van der Waals surface area contributed by atoms with Crippen molar-refractivity contribution in [3.63, 3.8) is 0 Å². The van der Waals surface area contributed by atoms with E-state index in [1.165, 1.54) is 0 Å². The number of carbonyl (C=O) groups excluding carboxylic acids is 3. The first-order valence-electron chi connectivity index (χ1n) is 9.45. The Kier molecular flexibility index (Phi) is 5.15. The van der Waals surface area contributed by atoms with E-state index in [9.17, 15) is 14.4 Å². The summed E-state index contributed by atoms with van der Waals surface area (Å²) in [4.78, 5) is 38.5. The lowest BCUT2D eigenvalue weighted by atomic mass is 10.1. The van der Waals surface area contributed by atoms with Crippen molar-refractivity contribution in [2.24, 2.45) is 0 Å². The number of carbonyl (C=O) groups is 3. The maximum atomic E-state index is 12.5. The number of fused-ring (bicyclic) bond motifs is 1. The molecule has 0 aromatic heterocycles. The molecule has 0 bridgehead atoms. The Morgan fingerprint density at radius 2 is 1.53 bits per heavy atom. The smallest absolute Gasteiger partial charge is 0.262 e. The molecule has 0 radical (unpaired) electrons. The van der Waals surface area contributed by atoms with Crippen LogP contribution in [0.3, 0.4) is 0 Å². The number of nitrogens with one attached hydrogen (secondary N) is 1. The molecule has 0 saturated carbocycles. The SMILES string of the molecule is Cc1ccc2c(c1)C(=O)N(CC(=O)Nc1cccc(C#Cc3ccccc3)c1)C2=O. The molecule has 30 heavy (non-hydrogen) atoms. The summed E-state index contributed by atoms with van der Waals surface area (Å²) in [6.07, 6.45) is 0. The Morgan fingerprint density at radius 1 is 0.833 bits per heavy atom. The second kappa shape index (κ2) is 8.06. The molecule has 0 aliphatic carbocycles. The van der Waals surface area contributed by atoms with Gasteiger partial charge in [-0.25, -0.2) is 0 Å². The van der Waals surface area contributed by atoms with Crippen molar-refractivity contribution in [2.75, 3.05) is 11.9 Å². The number of hydrogen-bond donors (Lipinski definition) is 1. The fraction of sp³-hybridized carbons (Fsp3) is 0.0800. The molecule has 1 aliphatic rings. The molecular weight excluding hydrogens is 376 g/mol. The molecule has 5 nitrogen and oxygen atoms in total. The van der Waals surface area contributed by atoms with Gasteiger partial charge in [0.05, 0.1) is 11.1 Å². The summed E-state index contributed by atoms with van der Waals surface area (Å²) in [6.45, 7) is 1.51. The Labute approximate surface area is 174 Å². The molecule has 146 valence electrons. The van der Waals surface area contributed by atoms with Gasteiger partial charge in [-0.2, -0.15) is 0 Å². The monoisotopic (exact) mass is 394 g/mol. The highest BCUT2D eigenvalue weighted by atomic mass is 16.2. The zero-order valence-corrected chi connectivity index (χ0v) is 16.3.